The van der Waals surface area contributed by atoms with E-state index in [-0.39, 0.29) is 34.2 Å². The van der Waals surface area contributed by atoms with E-state index < -0.39 is 21.7 Å². The van der Waals surface area contributed by atoms with E-state index in [9.17, 15) is 17.6 Å². The molecule has 7 nitrogen and oxygen atoms in total. The van der Waals surface area contributed by atoms with Crippen molar-refractivity contribution in [3.8, 4) is 0 Å². The molecule has 1 amide bonds. The second-order valence-electron chi connectivity index (χ2n) is 4.94. The van der Waals surface area contributed by atoms with Gasteiger partial charge in [-0.15, -0.1) is 0 Å². The van der Waals surface area contributed by atoms with Crippen molar-refractivity contribution in [3.63, 3.8) is 0 Å². The van der Waals surface area contributed by atoms with Crippen LogP contribution in [0.3, 0.4) is 0 Å². The van der Waals surface area contributed by atoms with E-state index >= 15 is 0 Å². The van der Waals surface area contributed by atoms with Gasteiger partial charge >= 0.3 is 0 Å². The largest absolute Gasteiger partial charge is 0.383 e. The molecule has 24 heavy (non-hydrogen) atoms. The van der Waals surface area contributed by atoms with E-state index in [1.807, 2.05) is 0 Å². The number of halogens is 2. The van der Waals surface area contributed by atoms with Gasteiger partial charge in [0.15, 0.2) is 0 Å². The molecule has 0 aliphatic carbocycles. The molecule has 2 aromatic rings. The fourth-order valence-electron chi connectivity index (χ4n) is 1.91. The number of anilines is 2. The van der Waals surface area contributed by atoms with Crippen molar-refractivity contribution in [1.29, 1.82) is 0 Å². The smallest absolute Gasteiger partial charge is 0.255 e. The van der Waals surface area contributed by atoms with Gasteiger partial charge in [-0.1, -0.05) is 11.6 Å². The first-order chi connectivity index (χ1) is 11.2. The van der Waals surface area contributed by atoms with Crippen LogP contribution in [-0.4, -0.2) is 25.6 Å². The number of carbonyl (C=O) groups is 1. The van der Waals surface area contributed by atoms with E-state index in [0.717, 1.165) is 18.4 Å². The Morgan fingerprint density at radius 2 is 2.08 bits per heavy atom. The Hall–Kier alpha value is -2.39. The minimum Gasteiger partial charge on any atom is -0.383 e. The van der Waals surface area contributed by atoms with Crippen LogP contribution in [0.5, 0.6) is 0 Å². The summed E-state index contributed by atoms with van der Waals surface area (Å²) in [5.74, 6) is -1.15. The van der Waals surface area contributed by atoms with Gasteiger partial charge in [-0.25, -0.2) is 17.8 Å². The number of hydrogen-bond donors (Lipinski definition) is 3. The summed E-state index contributed by atoms with van der Waals surface area (Å²) < 4.78 is 38.4. The molecule has 0 bridgehead atoms. The Balaban J connectivity index is 2.21. The van der Waals surface area contributed by atoms with Gasteiger partial charge in [-0.2, -0.15) is 0 Å². The zero-order chi connectivity index (χ0) is 17.9. The molecular formula is C14H14ClFN4O3S. The van der Waals surface area contributed by atoms with Crippen LogP contribution in [0.2, 0.25) is 5.02 Å². The number of sulfonamides is 1. The molecule has 10 heteroatoms. The van der Waals surface area contributed by atoms with E-state index in [1.165, 1.54) is 18.3 Å². The number of hydrogen-bond acceptors (Lipinski definition) is 5. The summed E-state index contributed by atoms with van der Waals surface area (Å²) in [4.78, 5) is 15.9. The predicted octanol–water partition coefficient (Wildman–Crippen LogP) is 1.76. The Morgan fingerprint density at radius 1 is 1.38 bits per heavy atom. The predicted molar refractivity (Wildman–Crippen MR) is 89.7 cm³/mol. The maximum absolute atomic E-state index is 13.4. The van der Waals surface area contributed by atoms with Crippen LogP contribution in [0.1, 0.15) is 15.9 Å². The standard InChI is InChI=1S/C14H14ClFN4O3S/c1-24(22,23)20-12-3-2-10(16)4-8(12)6-19-14(21)11-5-9(15)7-18-13(11)17/h2-5,7,20H,6H2,1H3,(H2,17,18)(H,19,21). The van der Waals surface area contributed by atoms with Crippen molar-refractivity contribution < 1.29 is 17.6 Å². The highest BCUT2D eigenvalue weighted by molar-refractivity contribution is 7.92. The van der Waals surface area contributed by atoms with Gasteiger partial charge in [0.25, 0.3) is 5.91 Å². The van der Waals surface area contributed by atoms with Crippen LogP contribution in [-0.2, 0) is 16.6 Å². The van der Waals surface area contributed by atoms with Gasteiger partial charge in [0.2, 0.25) is 10.0 Å². The SMILES string of the molecule is CS(=O)(=O)Nc1ccc(F)cc1CNC(=O)c1cc(Cl)cnc1N. The first kappa shape index (κ1) is 18.0. The Bertz CT molecular complexity index is 890. The number of nitrogens with two attached hydrogens (primary N) is 1. The number of rotatable bonds is 5. The van der Waals surface area contributed by atoms with Crippen molar-refractivity contribution in [2.75, 3.05) is 16.7 Å². The molecule has 1 heterocycles. The minimum absolute atomic E-state index is 0.00868. The van der Waals surface area contributed by atoms with Crippen molar-refractivity contribution in [1.82, 2.24) is 10.3 Å². The molecular weight excluding hydrogens is 359 g/mol. The average Bonchev–Trinajstić information content (AvgIpc) is 2.48. The molecule has 2 rings (SSSR count). The van der Waals surface area contributed by atoms with Crippen LogP contribution in [0.15, 0.2) is 30.5 Å². The second kappa shape index (κ2) is 7.02. The summed E-state index contributed by atoms with van der Waals surface area (Å²) in [6.07, 6.45) is 2.27. The van der Waals surface area contributed by atoms with Gasteiger partial charge < -0.3 is 11.1 Å². The highest BCUT2D eigenvalue weighted by Crippen LogP contribution is 2.19. The van der Waals surface area contributed by atoms with Crippen molar-refractivity contribution in [2.24, 2.45) is 0 Å². The summed E-state index contributed by atoms with van der Waals surface area (Å²) in [5, 5.41) is 2.75. The number of aromatic nitrogens is 1. The molecule has 0 radical (unpaired) electrons. The number of nitrogens with zero attached hydrogens (tertiary/aromatic N) is 1. The number of nitrogen functional groups attached to an aromatic ring is 1. The zero-order valence-corrected chi connectivity index (χ0v) is 14.1. The normalized spacial score (nSPS) is 11.1. The van der Waals surface area contributed by atoms with E-state index in [2.05, 4.69) is 15.0 Å². The third kappa shape index (κ3) is 4.80. The van der Waals surface area contributed by atoms with Crippen LogP contribution in [0.4, 0.5) is 15.9 Å². The van der Waals surface area contributed by atoms with E-state index in [1.54, 1.807) is 0 Å². The topological polar surface area (TPSA) is 114 Å². The molecule has 0 spiro atoms. The maximum Gasteiger partial charge on any atom is 0.255 e. The van der Waals surface area contributed by atoms with Gasteiger partial charge in [-0.05, 0) is 29.8 Å². The molecule has 0 saturated heterocycles. The highest BCUT2D eigenvalue weighted by atomic mass is 35.5. The lowest BCUT2D eigenvalue weighted by atomic mass is 10.1. The number of amides is 1. The monoisotopic (exact) mass is 372 g/mol. The highest BCUT2D eigenvalue weighted by Gasteiger charge is 2.14. The van der Waals surface area contributed by atoms with E-state index in [0.29, 0.717) is 0 Å². The van der Waals surface area contributed by atoms with E-state index in [4.69, 9.17) is 17.3 Å². The Kier molecular flexibility index (Phi) is 5.25. The summed E-state index contributed by atoms with van der Waals surface area (Å²) in [6.45, 7) is -0.125. The zero-order valence-electron chi connectivity index (χ0n) is 12.5. The molecule has 0 saturated carbocycles. The fraction of sp³-hybridized carbons (Fsp3) is 0.143. The number of nitrogens with one attached hydrogen (secondary N) is 2. The van der Waals surface area contributed by atoms with Gasteiger partial charge in [0.05, 0.1) is 22.5 Å². The van der Waals surface area contributed by atoms with Crippen LogP contribution < -0.4 is 15.8 Å². The summed E-state index contributed by atoms with van der Waals surface area (Å²) in [5.41, 5.74) is 6.10. The first-order valence-electron chi connectivity index (χ1n) is 6.61. The van der Waals surface area contributed by atoms with Gasteiger partial charge in [0, 0.05) is 12.7 Å². The summed E-state index contributed by atoms with van der Waals surface area (Å²) >= 11 is 5.77. The fourth-order valence-corrected chi connectivity index (χ4v) is 2.67. The number of pyridine rings is 1. The van der Waals surface area contributed by atoms with Gasteiger partial charge in [-0.3, -0.25) is 9.52 Å². The molecule has 0 atom stereocenters. The third-order valence-electron chi connectivity index (χ3n) is 2.93. The van der Waals surface area contributed by atoms with Crippen LogP contribution in [0.25, 0.3) is 0 Å². The summed E-state index contributed by atoms with van der Waals surface area (Å²) in [6, 6.07) is 4.85. The third-order valence-corrected chi connectivity index (χ3v) is 3.73. The molecule has 0 aliphatic heterocycles. The van der Waals surface area contributed by atoms with Crippen molar-refractivity contribution >= 4 is 39.0 Å². The molecule has 4 N–H and O–H groups in total. The quantitative estimate of drug-likeness (QED) is 0.739. The lowest BCUT2D eigenvalue weighted by molar-refractivity contribution is 0.0951. The number of benzene rings is 1. The summed E-state index contributed by atoms with van der Waals surface area (Å²) in [7, 11) is -3.55. The molecule has 1 aromatic carbocycles. The first-order valence-corrected chi connectivity index (χ1v) is 8.88. The lowest BCUT2D eigenvalue weighted by Crippen LogP contribution is -2.25. The Morgan fingerprint density at radius 3 is 2.75 bits per heavy atom. The maximum atomic E-state index is 13.4. The van der Waals surface area contributed by atoms with Crippen LogP contribution in [0, 0.1) is 5.82 Å². The molecule has 1 aromatic heterocycles. The minimum atomic E-state index is -3.55. The Labute approximate surface area is 143 Å². The second-order valence-corrected chi connectivity index (χ2v) is 7.13. The number of carbonyl (C=O) groups excluding carboxylic acids is 1. The van der Waals surface area contributed by atoms with Crippen LogP contribution >= 0.6 is 11.6 Å². The molecule has 0 fully saturated rings. The molecule has 128 valence electrons. The molecule has 0 aliphatic rings. The van der Waals surface area contributed by atoms with Gasteiger partial charge in [0.1, 0.15) is 11.6 Å². The molecule has 0 unspecified atom stereocenters. The van der Waals surface area contributed by atoms with Crippen molar-refractivity contribution in [3.05, 3.63) is 52.4 Å². The average molecular weight is 373 g/mol. The van der Waals surface area contributed by atoms with Crippen molar-refractivity contribution in [2.45, 2.75) is 6.54 Å². The lowest BCUT2D eigenvalue weighted by Gasteiger charge is -2.12.